The first-order valence-corrected chi connectivity index (χ1v) is 7.07. The Bertz CT molecular complexity index is 467. The molecule has 0 radical (unpaired) electrons. The highest BCUT2D eigenvalue weighted by Crippen LogP contribution is 2.16. The van der Waals surface area contributed by atoms with Crippen LogP contribution in [0.1, 0.15) is 5.82 Å². The van der Waals surface area contributed by atoms with Crippen molar-refractivity contribution in [2.24, 2.45) is 7.05 Å². The van der Waals surface area contributed by atoms with Crippen molar-refractivity contribution in [3.05, 3.63) is 48.5 Å². The van der Waals surface area contributed by atoms with Crippen molar-refractivity contribution in [1.82, 2.24) is 14.5 Å². The number of hydrogen-bond donors (Lipinski definition) is 0. The molecular formula is C14H19N3S. The van der Waals surface area contributed by atoms with Gasteiger partial charge in [-0.2, -0.15) is 0 Å². The minimum Gasteiger partial charge on any atom is -0.337 e. The van der Waals surface area contributed by atoms with Gasteiger partial charge in [0.2, 0.25) is 0 Å². The van der Waals surface area contributed by atoms with E-state index < -0.39 is 0 Å². The molecule has 3 nitrogen and oxygen atoms in total. The van der Waals surface area contributed by atoms with Crippen molar-refractivity contribution >= 4 is 11.8 Å². The molecule has 4 heteroatoms. The number of thioether (sulfide) groups is 1. The molecule has 0 saturated carbocycles. The van der Waals surface area contributed by atoms with E-state index in [0.717, 1.165) is 24.7 Å². The molecule has 0 bridgehead atoms. The molecule has 96 valence electrons. The summed E-state index contributed by atoms with van der Waals surface area (Å²) in [6, 6.07) is 10.5. The molecule has 0 amide bonds. The van der Waals surface area contributed by atoms with Crippen LogP contribution in [0, 0.1) is 0 Å². The van der Waals surface area contributed by atoms with Crippen LogP contribution in [-0.2, 0) is 13.6 Å². The molecule has 2 rings (SSSR count). The lowest BCUT2D eigenvalue weighted by Crippen LogP contribution is -2.22. The summed E-state index contributed by atoms with van der Waals surface area (Å²) in [5.41, 5.74) is 0. The quantitative estimate of drug-likeness (QED) is 0.746. The first-order valence-electron chi connectivity index (χ1n) is 6.08. The summed E-state index contributed by atoms with van der Waals surface area (Å²) < 4.78 is 2.07. The molecule has 18 heavy (non-hydrogen) atoms. The number of aromatic nitrogens is 2. The molecule has 2 aromatic rings. The van der Waals surface area contributed by atoms with Gasteiger partial charge in [0.05, 0.1) is 6.54 Å². The van der Waals surface area contributed by atoms with Crippen molar-refractivity contribution in [2.75, 3.05) is 19.3 Å². The van der Waals surface area contributed by atoms with Crippen LogP contribution in [0.15, 0.2) is 47.6 Å². The van der Waals surface area contributed by atoms with Crippen molar-refractivity contribution in [3.63, 3.8) is 0 Å². The highest BCUT2D eigenvalue weighted by atomic mass is 32.2. The first-order chi connectivity index (χ1) is 8.75. The fourth-order valence-electron chi connectivity index (χ4n) is 1.71. The Balaban J connectivity index is 1.72. The van der Waals surface area contributed by atoms with E-state index in [1.54, 1.807) is 0 Å². The summed E-state index contributed by atoms with van der Waals surface area (Å²) in [6.45, 7) is 1.96. The van der Waals surface area contributed by atoms with Crippen molar-refractivity contribution in [1.29, 1.82) is 0 Å². The van der Waals surface area contributed by atoms with E-state index in [2.05, 4.69) is 51.8 Å². The van der Waals surface area contributed by atoms with Crippen LogP contribution in [-0.4, -0.2) is 33.8 Å². The summed E-state index contributed by atoms with van der Waals surface area (Å²) in [5, 5.41) is 0. The van der Waals surface area contributed by atoms with Gasteiger partial charge in [-0.05, 0) is 19.2 Å². The lowest BCUT2D eigenvalue weighted by atomic mass is 10.4. The third kappa shape index (κ3) is 3.89. The molecule has 0 atom stereocenters. The normalized spacial score (nSPS) is 11.1. The Kier molecular flexibility index (Phi) is 4.84. The maximum absolute atomic E-state index is 4.34. The van der Waals surface area contributed by atoms with Crippen LogP contribution in [0.25, 0.3) is 0 Å². The highest BCUT2D eigenvalue weighted by molar-refractivity contribution is 7.99. The third-order valence-corrected chi connectivity index (χ3v) is 3.81. The fraction of sp³-hybridized carbons (Fsp3) is 0.357. The molecule has 0 aliphatic heterocycles. The van der Waals surface area contributed by atoms with Gasteiger partial charge in [-0.1, -0.05) is 18.2 Å². The van der Waals surface area contributed by atoms with E-state index >= 15 is 0 Å². The third-order valence-electron chi connectivity index (χ3n) is 2.82. The van der Waals surface area contributed by atoms with Gasteiger partial charge in [-0.25, -0.2) is 4.98 Å². The molecule has 1 heterocycles. The molecule has 0 aliphatic rings. The average Bonchev–Trinajstić information content (AvgIpc) is 2.76. The molecule has 1 aromatic heterocycles. The van der Waals surface area contributed by atoms with E-state index in [1.165, 1.54) is 4.90 Å². The molecular weight excluding hydrogens is 242 g/mol. The summed E-state index contributed by atoms with van der Waals surface area (Å²) in [5.74, 6) is 2.22. The van der Waals surface area contributed by atoms with E-state index in [0.29, 0.717) is 0 Å². The standard InChI is InChI=1S/C14H19N3S/c1-16(12-14-15-8-9-17(14)2)10-11-18-13-6-4-3-5-7-13/h3-9H,10-12H2,1-2H3. The molecule has 0 fully saturated rings. The molecule has 0 N–H and O–H groups in total. The van der Waals surface area contributed by atoms with Gasteiger partial charge in [0.1, 0.15) is 5.82 Å². The SMILES string of the molecule is CN(CCSc1ccccc1)Cc1nccn1C. The lowest BCUT2D eigenvalue weighted by molar-refractivity contribution is 0.335. The van der Waals surface area contributed by atoms with E-state index in [4.69, 9.17) is 0 Å². The second-order valence-electron chi connectivity index (χ2n) is 4.35. The Morgan fingerprint density at radius 2 is 2.06 bits per heavy atom. The number of nitrogens with zero attached hydrogens (tertiary/aromatic N) is 3. The minimum atomic E-state index is 0.902. The van der Waals surface area contributed by atoms with Crippen LogP contribution in [0.5, 0.6) is 0 Å². The van der Waals surface area contributed by atoms with E-state index in [-0.39, 0.29) is 0 Å². The molecule has 0 aliphatic carbocycles. The second kappa shape index (κ2) is 6.61. The predicted octanol–water partition coefficient (Wildman–Crippen LogP) is 2.64. The van der Waals surface area contributed by atoms with Gasteiger partial charge in [0, 0.05) is 36.6 Å². The molecule has 0 unspecified atom stereocenters. The van der Waals surface area contributed by atoms with E-state index in [1.807, 2.05) is 31.2 Å². The van der Waals surface area contributed by atoms with Crippen molar-refractivity contribution in [2.45, 2.75) is 11.4 Å². The topological polar surface area (TPSA) is 21.1 Å². The van der Waals surface area contributed by atoms with Crippen molar-refractivity contribution in [3.8, 4) is 0 Å². The zero-order chi connectivity index (χ0) is 12.8. The van der Waals surface area contributed by atoms with Crippen LogP contribution >= 0.6 is 11.8 Å². The number of rotatable bonds is 6. The van der Waals surface area contributed by atoms with Crippen LogP contribution in [0.4, 0.5) is 0 Å². The zero-order valence-corrected chi connectivity index (χ0v) is 11.7. The van der Waals surface area contributed by atoms with Gasteiger partial charge in [-0.3, -0.25) is 4.90 Å². The van der Waals surface area contributed by atoms with Gasteiger partial charge in [0.15, 0.2) is 0 Å². The summed E-state index contributed by atoms with van der Waals surface area (Å²) in [7, 11) is 4.18. The monoisotopic (exact) mass is 261 g/mol. The predicted molar refractivity (Wildman–Crippen MR) is 76.7 cm³/mol. The maximum atomic E-state index is 4.34. The second-order valence-corrected chi connectivity index (χ2v) is 5.52. The van der Waals surface area contributed by atoms with Gasteiger partial charge >= 0.3 is 0 Å². The van der Waals surface area contributed by atoms with Crippen molar-refractivity contribution < 1.29 is 0 Å². The van der Waals surface area contributed by atoms with Crippen LogP contribution in [0.2, 0.25) is 0 Å². The van der Waals surface area contributed by atoms with Gasteiger partial charge < -0.3 is 4.57 Å². The number of aryl methyl sites for hydroxylation is 1. The van der Waals surface area contributed by atoms with Crippen LogP contribution in [0.3, 0.4) is 0 Å². The number of imidazole rings is 1. The Labute approximate surface area is 113 Å². The Hall–Kier alpha value is -1.26. The van der Waals surface area contributed by atoms with Gasteiger partial charge in [0.25, 0.3) is 0 Å². The number of benzene rings is 1. The average molecular weight is 261 g/mol. The summed E-state index contributed by atoms with van der Waals surface area (Å²) >= 11 is 1.90. The smallest absolute Gasteiger partial charge is 0.122 e. The Morgan fingerprint density at radius 1 is 1.28 bits per heavy atom. The summed E-state index contributed by atoms with van der Waals surface area (Å²) in [6.07, 6.45) is 3.84. The molecule has 0 saturated heterocycles. The Morgan fingerprint density at radius 3 is 2.72 bits per heavy atom. The largest absolute Gasteiger partial charge is 0.337 e. The highest BCUT2D eigenvalue weighted by Gasteiger charge is 2.04. The fourth-order valence-corrected chi connectivity index (χ4v) is 2.69. The zero-order valence-electron chi connectivity index (χ0n) is 10.9. The lowest BCUT2D eigenvalue weighted by Gasteiger charge is -2.15. The molecule has 0 spiro atoms. The van der Waals surface area contributed by atoms with Gasteiger partial charge in [-0.15, -0.1) is 11.8 Å². The number of hydrogen-bond acceptors (Lipinski definition) is 3. The van der Waals surface area contributed by atoms with Crippen LogP contribution < -0.4 is 0 Å². The van der Waals surface area contributed by atoms with E-state index in [9.17, 15) is 0 Å². The molecule has 1 aromatic carbocycles. The minimum absolute atomic E-state index is 0.902. The summed E-state index contributed by atoms with van der Waals surface area (Å²) in [4.78, 5) is 7.98. The first kappa shape index (κ1) is 13.2. The maximum Gasteiger partial charge on any atom is 0.122 e.